The molecule has 5 heteroatoms. The Balaban J connectivity index is 2.64. The van der Waals surface area contributed by atoms with Crippen LogP contribution in [0.15, 0.2) is 23.0 Å². The number of carbonyl (C=O) groups is 1. The molecule has 2 rings (SSSR count). The average molecular weight is 300 g/mol. The van der Waals surface area contributed by atoms with Crippen LogP contribution in [0.25, 0.3) is 0 Å². The van der Waals surface area contributed by atoms with Crippen LogP contribution in [0.1, 0.15) is 39.7 Å². The predicted octanol–water partition coefficient (Wildman–Crippen LogP) is 2.38. The van der Waals surface area contributed by atoms with E-state index in [4.69, 9.17) is 10.5 Å². The van der Waals surface area contributed by atoms with Gasteiger partial charge in [0.05, 0.1) is 12.7 Å². The van der Waals surface area contributed by atoms with Crippen molar-refractivity contribution < 1.29 is 9.53 Å². The van der Waals surface area contributed by atoms with Gasteiger partial charge in [-0.2, -0.15) is 0 Å². The summed E-state index contributed by atoms with van der Waals surface area (Å²) < 4.78 is 5.20. The highest BCUT2D eigenvalue weighted by atomic mass is 16.5. The summed E-state index contributed by atoms with van der Waals surface area (Å²) in [4.78, 5) is 27.4. The number of ketones is 1. The molecule has 0 unspecified atom stereocenters. The zero-order valence-electron chi connectivity index (χ0n) is 13.2. The van der Waals surface area contributed by atoms with Crippen LogP contribution in [0.3, 0.4) is 0 Å². The van der Waals surface area contributed by atoms with Gasteiger partial charge in [-0.05, 0) is 49.6 Å². The van der Waals surface area contributed by atoms with Crippen LogP contribution < -0.4 is 16.0 Å². The van der Waals surface area contributed by atoms with Crippen molar-refractivity contribution in [2.24, 2.45) is 0 Å². The fourth-order valence-corrected chi connectivity index (χ4v) is 2.64. The number of anilines is 1. The molecule has 1 heterocycles. The topological polar surface area (TPSA) is 85.2 Å². The Bertz CT molecular complexity index is 791. The Labute approximate surface area is 129 Å². The Hall–Kier alpha value is -2.56. The van der Waals surface area contributed by atoms with E-state index < -0.39 is 5.56 Å². The maximum Gasteiger partial charge on any atom is 0.272 e. The fraction of sp³-hybridized carbons (Fsp3) is 0.294. The molecule has 1 aromatic carbocycles. The summed E-state index contributed by atoms with van der Waals surface area (Å²) in [5.74, 6) is 0.469. The molecule has 0 fully saturated rings. The van der Waals surface area contributed by atoms with E-state index in [1.54, 1.807) is 32.2 Å². The number of aromatic amines is 1. The second-order valence-corrected chi connectivity index (χ2v) is 5.21. The summed E-state index contributed by atoms with van der Waals surface area (Å²) in [5, 5.41) is 0. The van der Waals surface area contributed by atoms with Crippen LogP contribution in [0.4, 0.5) is 5.69 Å². The molecule has 116 valence electrons. The first-order valence-electron chi connectivity index (χ1n) is 7.11. The van der Waals surface area contributed by atoms with E-state index in [0.717, 1.165) is 11.1 Å². The minimum absolute atomic E-state index is 0.0269. The molecule has 0 aliphatic heterocycles. The summed E-state index contributed by atoms with van der Waals surface area (Å²) in [6, 6.07) is 5.17. The minimum Gasteiger partial charge on any atom is -0.496 e. The molecule has 5 nitrogen and oxygen atoms in total. The monoisotopic (exact) mass is 300 g/mol. The number of hydrogen-bond acceptors (Lipinski definition) is 4. The molecule has 1 aromatic heterocycles. The highest BCUT2D eigenvalue weighted by Gasteiger charge is 2.21. The molecule has 22 heavy (non-hydrogen) atoms. The summed E-state index contributed by atoms with van der Waals surface area (Å²) in [5.41, 5.74) is 8.51. The van der Waals surface area contributed by atoms with E-state index in [0.29, 0.717) is 29.0 Å². The molecule has 0 amide bonds. The van der Waals surface area contributed by atoms with E-state index in [9.17, 15) is 9.59 Å². The SMILES string of the molecule is CCc1c(C)[nH]c(=O)c(N)c1C(=O)c1ccc(OC)c(C)c1. The smallest absolute Gasteiger partial charge is 0.272 e. The van der Waals surface area contributed by atoms with Crippen LogP contribution in [0.5, 0.6) is 5.75 Å². The zero-order chi connectivity index (χ0) is 16.4. The van der Waals surface area contributed by atoms with Crippen molar-refractivity contribution in [3.8, 4) is 5.75 Å². The summed E-state index contributed by atoms with van der Waals surface area (Å²) in [6.45, 7) is 5.56. The highest BCUT2D eigenvalue weighted by molar-refractivity contribution is 6.13. The van der Waals surface area contributed by atoms with Crippen molar-refractivity contribution in [2.75, 3.05) is 12.8 Å². The average Bonchev–Trinajstić information content (AvgIpc) is 2.49. The van der Waals surface area contributed by atoms with Gasteiger partial charge in [-0.15, -0.1) is 0 Å². The molecular weight excluding hydrogens is 280 g/mol. The number of nitrogens with one attached hydrogen (secondary N) is 1. The number of methoxy groups -OCH3 is 1. The Kier molecular flexibility index (Phi) is 4.35. The van der Waals surface area contributed by atoms with E-state index in [-0.39, 0.29) is 11.5 Å². The summed E-state index contributed by atoms with van der Waals surface area (Å²) in [6.07, 6.45) is 0.614. The molecule has 0 atom stereocenters. The first-order chi connectivity index (χ1) is 10.4. The van der Waals surface area contributed by atoms with E-state index in [1.165, 1.54) is 0 Å². The molecule has 0 spiro atoms. The van der Waals surface area contributed by atoms with E-state index >= 15 is 0 Å². The number of hydrogen-bond donors (Lipinski definition) is 2. The first-order valence-corrected chi connectivity index (χ1v) is 7.11. The molecule has 0 saturated heterocycles. The van der Waals surface area contributed by atoms with Gasteiger partial charge in [-0.1, -0.05) is 6.92 Å². The third-order valence-electron chi connectivity index (χ3n) is 3.81. The lowest BCUT2D eigenvalue weighted by Crippen LogP contribution is -2.22. The van der Waals surface area contributed by atoms with Gasteiger partial charge in [-0.3, -0.25) is 9.59 Å². The molecular formula is C17H20N2O3. The van der Waals surface area contributed by atoms with Gasteiger partial charge in [-0.25, -0.2) is 0 Å². The second-order valence-electron chi connectivity index (χ2n) is 5.21. The number of carbonyl (C=O) groups excluding carboxylic acids is 1. The number of rotatable bonds is 4. The van der Waals surface area contributed by atoms with Crippen LogP contribution in [0, 0.1) is 13.8 Å². The predicted molar refractivity (Wildman–Crippen MR) is 86.8 cm³/mol. The maximum absolute atomic E-state index is 12.8. The van der Waals surface area contributed by atoms with Crippen LogP contribution in [-0.2, 0) is 6.42 Å². The van der Waals surface area contributed by atoms with Crippen molar-refractivity contribution >= 4 is 11.5 Å². The van der Waals surface area contributed by atoms with Crippen LogP contribution in [-0.4, -0.2) is 17.9 Å². The van der Waals surface area contributed by atoms with Crippen molar-refractivity contribution in [1.82, 2.24) is 4.98 Å². The number of nitrogens with two attached hydrogens (primary N) is 1. The van der Waals surface area contributed by atoms with Gasteiger partial charge >= 0.3 is 0 Å². The van der Waals surface area contributed by atoms with Crippen molar-refractivity contribution in [2.45, 2.75) is 27.2 Å². The minimum atomic E-state index is -0.428. The van der Waals surface area contributed by atoms with Crippen molar-refractivity contribution in [3.63, 3.8) is 0 Å². The zero-order valence-corrected chi connectivity index (χ0v) is 13.2. The Morgan fingerprint density at radius 1 is 1.32 bits per heavy atom. The van der Waals surface area contributed by atoms with E-state index in [2.05, 4.69) is 4.98 Å². The molecule has 2 aromatic rings. The van der Waals surface area contributed by atoms with Crippen LogP contribution in [0.2, 0.25) is 0 Å². The lowest BCUT2D eigenvalue weighted by molar-refractivity contribution is 0.103. The molecule has 0 aliphatic rings. The van der Waals surface area contributed by atoms with Gasteiger partial charge < -0.3 is 15.5 Å². The number of pyridine rings is 1. The van der Waals surface area contributed by atoms with Gasteiger partial charge in [0, 0.05) is 11.3 Å². The second kappa shape index (κ2) is 6.05. The third kappa shape index (κ3) is 2.62. The highest BCUT2D eigenvalue weighted by Crippen LogP contribution is 2.24. The number of ether oxygens (including phenoxy) is 1. The third-order valence-corrected chi connectivity index (χ3v) is 3.81. The quantitative estimate of drug-likeness (QED) is 0.849. The van der Waals surface area contributed by atoms with Crippen LogP contribution >= 0.6 is 0 Å². The molecule has 3 N–H and O–H groups in total. The summed E-state index contributed by atoms with van der Waals surface area (Å²) >= 11 is 0. The number of H-pyrrole nitrogens is 1. The number of benzene rings is 1. The van der Waals surface area contributed by atoms with E-state index in [1.807, 2.05) is 13.8 Å². The van der Waals surface area contributed by atoms with Crippen molar-refractivity contribution in [1.29, 1.82) is 0 Å². The number of aryl methyl sites for hydroxylation is 2. The van der Waals surface area contributed by atoms with Gasteiger partial charge in [0.1, 0.15) is 11.4 Å². The largest absolute Gasteiger partial charge is 0.496 e. The standard InChI is InChI=1S/C17H20N2O3/c1-5-12-10(3)19-17(21)15(18)14(12)16(20)11-6-7-13(22-4)9(2)8-11/h6-8H,5,18H2,1-4H3,(H,19,21). The fourth-order valence-electron chi connectivity index (χ4n) is 2.64. The Morgan fingerprint density at radius 2 is 2.00 bits per heavy atom. The molecule has 0 aliphatic carbocycles. The lowest BCUT2D eigenvalue weighted by Gasteiger charge is -2.13. The van der Waals surface area contributed by atoms with Gasteiger partial charge in [0.15, 0.2) is 5.78 Å². The lowest BCUT2D eigenvalue weighted by atomic mass is 9.94. The maximum atomic E-state index is 12.8. The molecule has 0 radical (unpaired) electrons. The van der Waals surface area contributed by atoms with Gasteiger partial charge in [0.2, 0.25) is 0 Å². The normalized spacial score (nSPS) is 10.5. The molecule has 0 saturated carbocycles. The van der Waals surface area contributed by atoms with Gasteiger partial charge in [0.25, 0.3) is 5.56 Å². The first kappa shape index (κ1) is 15.8. The number of nitrogen functional groups attached to an aromatic ring is 1. The summed E-state index contributed by atoms with van der Waals surface area (Å²) in [7, 11) is 1.58. The Morgan fingerprint density at radius 3 is 2.55 bits per heavy atom. The molecule has 0 bridgehead atoms. The number of aromatic nitrogens is 1. The van der Waals surface area contributed by atoms with Crippen molar-refractivity contribution in [3.05, 3.63) is 56.5 Å².